The quantitative estimate of drug-likeness (QED) is 0.541. The van der Waals surface area contributed by atoms with Crippen molar-refractivity contribution in [1.82, 2.24) is 10.3 Å². The molecule has 1 unspecified atom stereocenters. The van der Waals surface area contributed by atoms with E-state index in [9.17, 15) is 14.4 Å². The third-order valence-corrected chi connectivity index (χ3v) is 5.52. The molecule has 1 aliphatic heterocycles. The molecule has 0 aliphatic carbocycles. The number of nitrogens with two attached hydrogens (primary N) is 1. The summed E-state index contributed by atoms with van der Waals surface area (Å²) in [5.41, 5.74) is 8.44. The number of anilines is 1. The third kappa shape index (κ3) is 5.35. The van der Waals surface area contributed by atoms with Crippen molar-refractivity contribution >= 4 is 23.6 Å². The van der Waals surface area contributed by atoms with E-state index in [2.05, 4.69) is 22.4 Å². The highest BCUT2D eigenvalue weighted by Gasteiger charge is 2.27. The molecule has 0 saturated heterocycles. The van der Waals surface area contributed by atoms with Crippen LogP contribution in [0, 0.1) is 0 Å². The Hall–Kier alpha value is -4.20. The van der Waals surface area contributed by atoms with Crippen molar-refractivity contribution in [2.24, 2.45) is 5.73 Å². The molecule has 3 N–H and O–H groups in total. The second-order valence-electron chi connectivity index (χ2n) is 7.77. The van der Waals surface area contributed by atoms with Gasteiger partial charge in [0.25, 0.3) is 5.91 Å². The molecule has 1 aliphatic rings. The first-order valence-electron chi connectivity index (χ1n) is 10.6. The number of ketones is 1. The van der Waals surface area contributed by atoms with Gasteiger partial charge in [-0.3, -0.25) is 9.59 Å². The molecule has 2 aromatic carbocycles. The van der Waals surface area contributed by atoms with Gasteiger partial charge in [-0.15, -0.1) is 0 Å². The minimum absolute atomic E-state index is 0.112. The molecule has 0 bridgehead atoms. The third-order valence-electron chi connectivity index (χ3n) is 5.52. The molecule has 4 rings (SSSR count). The number of benzene rings is 2. The number of ether oxygens (including phenoxy) is 1. The van der Waals surface area contributed by atoms with Crippen molar-refractivity contribution in [2.75, 3.05) is 11.4 Å². The lowest BCUT2D eigenvalue weighted by molar-refractivity contribution is -0.137. The summed E-state index contributed by atoms with van der Waals surface area (Å²) < 4.78 is 5.53. The molecule has 33 heavy (non-hydrogen) atoms. The van der Waals surface area contributed by atoms with E-state index in [1.165, 1.54) is 11.1 Å². The maximum Gasteiger partial charge on any atom is 0.413 e. The molecule has 0 radical (unpaired) electrons. The van der Waals surface area contributed by atoms with Crippen LogP contribution in [0.3, 0.4) is 0 Å². The van der Waals surface area contributed by atoms with Crippen LogP contribution in [-0.4, -0.2) is 35.4 Å². The molecule has 2 heterocycles. The number of primary amides is 1. The van der Waals surface area contributed by atoms with Crippen LogP contribution < -0.4 is 20.7 Å². The molecule has 0 spiro atoms. The van der Waals surface area contributed by atoms with Gasteiger partial charge in [-0.2, -0.15) is 0 Å². The summed E-state index contributed by atoms with van der Waals surface area (Å²) in [7, 11) is 0. The summed E-state index contributed by atoms with van der Waals surface area (Å²) in [4.78, 5) is 42.9. The minimum atomic E-state index is -1.14. The zero-order valence-corrected chi connectivity index (χ0v) is 17.9. The molecule has 8 heteroatoms. The minimum Gasteiger partial charge on any atom is -0.406 e. The average Bonchev–Trinajstić information content (AvgIpc) is 2.83. The summed E-state index contributed by atoms with van der Waals surface area (Å²) in [5.74, 6) is -1.22. The number of nitrogens with zero attached hydrogens (tertiary/aromatic N) is 2. The Morgan fingerprint density at radius 3 is 2.48 bits per heavy atom. The van der Waals surface area contributed by atoms with Crippen LogP contribution in [0.4, 0.5) is 10.6 Å². The van der Waals surface area contributed by atoms with E-state index in [1.807, 2.05) is 23.1 Å². The van der Waals surface area contributed by atoms with E-state index in [0.29, 0.717) is 12.4 Å². The van der Waals surface area contributed by atoms with E-state index in [4.69, 9.17) is 10.5 Å². The lowest BCUT2D eigenvalue weighted by Gasteiger charge is -2.30. The molecular formula is C25H24N4O4. The zero-order chi connectivity index (χ0) is 23.2. The van der Waals surface area contributed by atoms with Gasteiger partial charge in [-0.05, 0) is 35.2 Å². The van der Waals surface area contributed by atoms with E-state index < -0.39 is 23.8 Å². The second kappa shape index (κ2) is 9.95. The smallest absolute Gasteiger partial charge is 0.406 e. The van der Waals surface area contributed by atoms with Crippen molar-refractivity contribution in [2.45, 2.75) is 25.4 Å². The molecule has 168 valence electrons. The number of pyridine rings is 1. The fourth-order valence-corrected chi connectivity index (χ4v) is 3.88. The van der Waals surface area contributed by atoms with Gasteiger partial charge in [-0.25, -0.2) is 9.78 Å². The van der Waals surface area contributed by atoms with Crippen molar-refractivity contribution in [1.29, 1.82) is 0 Å². The van der Waals surface area contributed by atoms with Crippen molar-refractivity contribution in [3.63, 3.8) is 0 Å². The van der Waals surface area contributed by atoms with E-state index >= 15 is 0 Å². The van der Waals surface area contributed by atoms with Gasteiger partial charge >= 0.3 is 6.09 Å². The van der Waals surface area contributed by atoms with Crippen LogP contribution in [-0.2, 0) is 29.0 Å². The Morgan fingerprint density at radius 1 is 1.00 bits per heavy atom. The maximum absolute atomic E-state index is 12.7. The zero-order valence-electron chi connectivity index (χ0n) is 17.9. The number of nitrogens with one attached hydrogen (secondary N) is 1. The molecule has 0 fully saturated rings. The Labute approximate surface area is 191 Å². The fraction of sp³-hybridized carbons (Fsp3) is 0.200. The first kappa shape index (κ1) is 22.0. The summed E-state index contributed by atoms with van der Waals surface area (Å²) in [5, 5.41) is 2.48. The van der Waals surface area contributed by atoms with Crippen LogP contribution in [0.2, 0.25) is 0 Å². The Balaban J connectivity index is 1.49. The normalized spacial score (nSPS) is 13.5. The van der Waals surface area contributed by atoms with Gasteiger partial charge < -0.3 is 20.7 Å². The number of hydrogen-bond donors (Lipinski definition) is 2. The van der Waals surface area contributed by atoms with Crippen molar-refractivity contribution in [3.8, 4) is 5.75 Å². The molecule has 8 nitrogen and oxygen atoms in total. The number of fused-ring (bicyclic) bond motifs is 1. The lowest BCUT2D eigenvalue weighted by Crippen LogP contribution is -2.48. The molecule has 1 atom stereocenters. The van der Waals surface area contributed by atoms with Crippen LogP contribution in [0.15, 0.2) is 72.9 Å². The van der Waals surface area contributed by atoms with Gasteiger partial charge in [0, 0.05) is 25.7 Å². The summed E-state index contributed by atoms with van der Waals surface area (Å²) >= 11 is 0. The summed E-state index contributed by atoms with van der Waals surface area (Å²) in [6.45, 7) is 1.37. The largest absolute Gasteiger partial charge is 0.413 e. The molecule has 0 saturated carbocycles. The predicted octanol–water partition coefficient (Wildman–Crippen LogP) is 2.40. The summed E-state index contributed by atoms with van der Waals surface area (Å²) in [6.07, 6.45) is 1.73. The van der Waals surface area contributed by atoms with Crippen molar-refractivity contribution < 1.29 is 19.1 Å². The van der Waals surface area contributed by atoms with E-state index in [1.54, 1.807) is 42.6 Å². The summed E-state index contributed by atoms with van der Waals surface area (Å²) in [6, 6.07) is 19.4. The van der Waals surface area contributed by atoms with Crippen LogP contribution in [0.25, 0.3) is 0 Å². The van der Waals surface area contributed by atoms with Gasteiger partial charge in [0.15, 0.2) is 11.6 Å². The molecule has 1 aromatic heterocycles. The predicted molar refractivity (Wildman–Crippen MR) is 123 cm³/mol. The standard InChI is InChI=1S/C25H24N4O4/c26-23(31)22(30)20(15-17-7-2-1-3-8-17)28-25(32)33-21-11-6-13-27-24(21)29-14-12-18-9-4-5-10-19(18)16-29/h1-11,13,20H,12,14-16H2,(H2,26,31)(H,28,32). The number of carbonyl (C=O) groups is 3. The SMILES string of the molecule is NC(=O)C(=O)C(Cc1ccccc1)NC(=O)Oc1cccnc1N1CCc2ccccc2C1. The maximum atomic E-state index is 12.7. The highest BCUT2D eigenvalue weighted by Crippen LogP contribution is 2.30. The first-order valence-corrected chi connectivity index (χ1v) is 10.6. The number of aromatic nitrogens is 1. The van der Waals surface area contributed by atoms with Crippen LogP contribution >= 0.6 is 0 Å². The number of carbonyl (C=O) groups excluding carboxylic acids is 3. The lowest BCUT2D eigenvalue weighted by atomic mass is 10.00. The topological polar surface area (TPSA) is 115 Å². The fourth-order valence-electron chi connectivity index (χ4n) is 3.88. The molecule has 3 aromatic rings. The van der Waals surface area contributed by atoms with Gasteiger partial charge in [0.2, 0.25) is 5.78 Å². The number of hydrogen-bond acceptors (Lipinski definition) is 6. The monoisotopic (exact) mass is 444 g/mol. The van der Waals surface area contributed by atoms with E-state index in [0.717, 1.165) is 18.5 Å². The Bertz CT molecular complexity index is 1170. The Morgan fingerprint density at radius 2 is 1.73 bits per heavy atom. The number of Topliss-reactive ketones (excluding diaryl/α,β-unsaturated/α-hetero) is 1. The number of amides is 2. The highest BCUT2D eigenvalue weighted by atomic mass is 16.6. The molecular weight excluding hydrogens is 420 g/mol. The van der Waals surface area contributed by atoms with Gasteiger partial charge in [0.05, 0.1) is 0 Å². The van der Waals surface area contributed by atoms with Gasteiger partial charge in [-0.1, -0.05) is 54.6 Å². The second-order valence-corrected chi connectivity index (χ2v) is 7.77. The highest BCUT2D eigenvalue weighted by molar-refractivity contribution is 6.37. The van der Waals surface area contributed by atoms with Crippen LogP contribution in [0.5, 0.6) is 5.75 Å². The van der Waals surface area contributed by atoms with Gasteiger partial charge in [0.1, 0.15) is 6.04 Å². The first-order chi connectivity index (χ1) is 16.0. The number of rotatable bonds is 7. The van der Waals surface area contributed by atoms with E-state index in [-0.39, 0.29) is 12.2 Å². The molecule has 2 amide bonds. The average molecular weight is 444 g/mol. The Kier molecular flexibility index (Phi) is 6.64. The van der Waals surface area contributed by atoms with Crippen molar-refractivity contribution in [3.05, 3.63) is 89.6 Å². The van der Waals surface area contributed by atoms with Crippen LogP contribution in [0.1, 0.15) is 16.7 Å².